The van der Waals surface area contributed by atoms with Crippen LogP contribution in [-0.2, 0) is 6.54 Å². The molecule has 0 atom stereocenters. The third-order valence-corrected chi connectivity index (χ3v) is 3.29. The van der Waals surface area contributed by atoms with Gasteiger partial charge in [0.25, 0.3) is 0 Å². The third-order valence-electron chi connectivity index (χ3n) is 3.29. The topological polar surface area (TPSA) is 50.4 Å². The Morgan fingerprint density at radius 3 is 2.95 bits per heavy atom. The number of oxime groups is 1. The van der Waals surface area contributed by atoms with Crippen molar-refractivity contribution in [1.29, 1.82) is 0 Å². The molecule has 106 valence electrons. The van der Waals surface area contributed by atoms with E-state index in [-0.39, 0.29) is 17.8 Å². The van der Waals surface area contributed by atoms with E-state index in [9.17, 15) is 4.39 Å². The molecule has 21 heavy (non-hydrogen) atoms. The summed E-state index contributed by atoms with van der Waals surface area (Å²) in [7, 11) is 0. The van der Waals surface area contributed by atoms with Gasteiger partial charge >= 0.3 is 0 Å². The van der Waals surface area contributed by atoms with Crippen LogP contribution in [-0.4, -0.2) is 20.5 Å². The predicted octanol–water partition coefficient (Wildman–Crippen LogP) is 2.66. The molecule has 0 aliphatic heterocycles. The van der Waals surface area contributed by atoms with E-state index >= 15 is 0 Å². The zero-order valence-corrected chi connectivity index (χ0v) is 11.3. The van der Waals surface area contributed by atoms with Crippen molar-refractivity contribution in [3.8, 4) is 11.8 Å². The molecule has 1 fully saturated rings. The van der Waals surface area contributed by atoms with E-state index < -0.39 is 5.82 Å². The quantitative estimate of drug-likeness (QED) is 0.407. The van der Waals surface area contributed by atoms with Crippen LogP contribution in [0.3, 0.4) is 0 Å². The molecular formula is C16H14FN3O. The number of hydrogen-bond donors (Lipinski definition) is 1. The van der Waals surface area contributed by atoms with Crippen LogP contribution in [0.2, 0.25) is 0 Å². The standard InChI is InChI=1S/C16H14FN3O/c17-15-9-13(4-3-12-1-2-12)5-6-14(15)16(19-21)10-20-8-7-18-11-20/h5-9,11-12,21H,1-2,10H2/b19-16+. The van der Waals surface area contributed by atoms with Crippen LogP contribution in [0.15, 0.2) is 42.1 Å². The van der Waals surface area contributed by atoms with Crippen molar-refractivity contribution < 1.29 is 9.60 Å². The van der Waals surface area contributed by atoms with E-state index in [2.05, 4.69) is 22.0 Å². The Labute approximate surface area is 121 Å². The fourth-order valence-electron chi connectivity index (χ4n) is 1.96. The molecule has 0 saturated heterocycles. The molecule has 1 N–H and O–H groups in total. The fraction of sp³-hybridized carbons (Fsp3) is 0.250. The monoisotopic (exact) mass is 283 g/mol. The molecule has 1 saturated carbocycles. The van der Waals surface area contributed by atoms with Gasteiger partial charge in [0, 0.05) is 29.4 Å². The van der Waals surface area contributed by atoms with E-state index in [1.165, 1.54) is 6.07 Å². The molecule has 4 nitrogen and oxygen atoms in total. The molecule has 5 heteroatoms. The fourth-order valence-corrected chi connectivity index (χ4v) is 1.96. The van der Waals surface area contributed by atoms with Crippen LogP contribution in [0.1, 0.15) is 24.0 Å². The van der Waals surface area contributed by atoms with Gasteiger partial charge in [-0.2, -0.15) is 0 Å². The molecule has 1 aliphatic carbocycles. The van der Waals surface area contributed by atoms with Crippen molar-refractivity contribution in [3.05, 3.63) is 53.9 Å². The Bertz CT molecular complexity index is 722. The highest BCUT2D eigenvalue weighted by Gasteiger charge is 2.18. The number of halogens is 1. The Balaban J connectivity index is 1.82. The van der Waals surface area contributed by atoms with Crippen LogP contribution in [0.25, 0.3) is 0 Å². The van der Waals surface area contributed by atoms with Crippen molar-refractivity contribution in [3.63, 3.8) is 0 Å². The summed E-state index contributed by atoms with van der Waals surface area (Å²) >= 11 is 0. The van der Waals surface area contributed by atoms with E-state index in [1.807, 2.05) is 0 Å². The summed E-state index contributed by atoms with van der Waals surface area (Å²) in [6.07, 6.45) is 7.19. The molecule has 1 aromatic heterocycles. The zero-order chi connectivity index (χ0) is 14.7. The highest BCUT2D eigenvalue weighted by atomic mass is 19.1. The molecule has 0 unspecified atom stereocenters. The maximum absolute atomic E-state index is 14.2. The number of nitrogens with zero attached hydrogens (tertiary/aromatic N) is 3. The minimum absolute atomic E-state index is 0.243. The molecule has 1 heterocycles. The summed E-state index contributed by atoms with van der Waals surface area (Å²) < 4.78 is 15.9. The van der Waals surface area contributed by atoms with Gasteiger partial charge in [-0.25, -0.2) is 9.37 Å². The lowest BCUT2D eigenvalue weighted by atomic mass is 10.1. The lowest BCUT2D eigenvalue weighted by molar-refractivity contribution is 0.317. The number of rotatable bonds is 3. The van der Waals surface area contributed by atoms with Crippen LogP contribution >= 0.6 is 0 Å². The van der Waals surface area contributed by atoms with Crippen molar-refractivity contribution >= 4 is 5.71 Å². The maximum atomic E-state index is 14.2. The second-order valence-electron chi connectivity index (χ2n) is 5.02. The third kappa shape index (κ3) is 3.29. The molecule has 0 spiro atoms. The number of benzene rings is 1. The first-order chi connectivity index (χ1) is 10.3. The molecule has 3 rings (SSSR count). The first kappa shape index (κ1) is 13.4. The summed E-state index contributed by atoms with van der Waals surface area (Å²) in [6.45, 7) is 0.251. The second-order valence-corrected chi connectivity index (χ2v) is 5.02. The van der Waals surface area contributed by atoms with Crippen LogP contribution in [0, 0.1) is 23.6 Å². The van der Waals surface area contributed by atoms with Gasteiger partial charge in [-0.3, -0.25) is 0 Å². The Kier molecular flexibility index (Phi) is 3.69. The van der Waals surface area contributed by atoms with Gasteiger partial charge < -0.3 is 9.77 Å². The predicted molar refractivity (Wildman–Crippen MR) is 76.6 cm³/mol. The Hall–Kier alpha value is -2.61. The smallest absolute Gasteiger partial charge is 0.133 e. The van der Waals surface area contributed by atoms with E-state index in [0.717, 1.165) is 12.8 Å². The lowest BCUT2D eigenvalue weighted by Gasteiger charge is -2.07. The van der Waals surface area contributed by atoms with Gasteiger partial charge in [0.15, 0.2) is 0 Å². The molecular weight excluding hydrogens is 269 g/mol. The van der Waals surface area contributed by atoms with Crippen molar-refractivity contribution in [1.82, 2.24) is 9.55 Å². The zero-order valence-electron chi connectivity index (χ0n) is 11.3. The summed E-state index contributed by atoms with van der Waals surface area (Å²) in [4.78, 5) is 3.90. The molecule has 0 radical (unpaired) electrons. The lowest BCUT2D eigenvalue weighted by Crippen LogP contribution is -2.12. The van der Waals surface area contributed by atoms with Crippen LogP contribution < -0.4 is 0 Å². The van der Waals surface area contributed by atoms with Gasteiger partial charge in [0.2, 0.25) is 0 Å². The second kappa shape index (κ2) is 5.80. The summed E-state index contributed by atoms with van der Waals surface area (Å²) in [5.41, 5.74) is 1.15. The van der Waals surface area contributed by atoms with Crippen LogP contribution in [0.4, 0.5) is 4.39 Å². The summed E-state index contributed by atoms with van der Waals surface area (Å²) in [6, 6.07) is 4.72. The first-order valence-electron chi connectivity index (χ1n) is 6.74. The van der Waals surface area contributed by atoms with Crippen molar-refractivity contribution in [2.45, 2.75) is 19.4 Å². The first-order valence-corrected chi connectivity index (χ1v) is 6.74. The highest BCUT2D eigenvalue weighted by Crippen LogP contribution is 2.27. The summed E-state index contributed by atoms with van der Waals surface area (Å²) in [5.74, 6) is 6.10. The Morgan fingerprint density at radius 1 is 1.48 bits per heavy atom. The largest absolute Gasteiger partial charge is 0.411 e. The van der Waals surface area contributed by atoms with Gasteiger partial charge in [0.1, 0.15) is 11.5 Å². The van der Waals surface area contributed by atoms with Crippen molar-refractivity contribution in [2.24, 2.45) is 11.1 Å². The summed E-state index contributed by atoms with van der Waals surface area (Å²) in [5, 5.41) is 12.3. The number of imidazole rings is 1. The molecule has 2 aromatic rings. The van der Waals surface area contributed by atoms with E-state index in [0.29, 0.717) is 11.5 Å². The Morgan fingerprint density at radius 2 is 2.33 bits per heavy atom. The number of aromatic nitrogens is 2. The van der Waals surface area contributed by atoms with Gasteiger partial charge in [-0.1, -0.05) is 17.0 Å². The number of hydrogen-bond acceptors (Lipinski definition) is 3. The molecule has 1 aromatic carbocycles. The molecule has 0 amide bonds. The van der Waals surface area contributed by atoms with Gasteiger partial charge in [-0.15, -0.1) is 0 Å². The highest BCUT2D eigenvalue weighted by molar-refractivity contribution is 6.00. The maximum Gasteiger partial charge on any atom is 0.133 e. The van der Waals surface area contributed by atoms with Gasteiger partial charge in [-0.05, 0) is 31.0 Å². The van der Waals surface area contributed by atoms with E-state index in [4.69, 9.17) is 5.21 Å². The molecule has 1 aliphatic rings. The van der Waals surface area contributed by atoms with Crippen LogP contribution in [0.5, 0.6) is 0 Å². The van der Waals surface area contributed by atoms with Crippen molar-refractivity contribution in [2.75, 3.05) is 0 Å². The SMILES string of the molecule is O/N=C(\Cn1ccnc1)c1ccc(C#CC2CC2)cc1F. The van der Waals surface area contributed by atoms with Gasteiger partial charge in [0.05, 0.1) is 12.9 Å². The normalized spacial score (nSPS) is 14.6. The molecule has 0 bridgehead atoms. The minimum Gasteiger partial charge on any atom is -0.411 e. The average molecular weight is 283 g/mol. The van der Waals surface area contributed by atoms with E-state index in [1.54, 1.807) is 35.4 Å². The average Bonchev–Trinajstić information content (AvgIpc) is 3.18. The minimum atomic E-state index is -0.439.